The van der Waals surface area contributed by atoms with E-state index in [4.69, 9.17) is 16.7 Å². The number of pyridine rings is 1. The van der Waals surface area contributed by atoms with Crippen LogP contribution in [0.25, 0.3) is 11.1 Å². The van der Waals surface area contributed by atoms with Crippen LogP contribution in [0.1, 0.15) is 5.56 Å². The summed E-state index contributed by atoms with van der Waals surface area (Å²) in [5.74, 6) is -1.85. The van der Waals surface area contributed by atoms with E-state index >= 15 is 0 Å². The molecule has 0 spiro atoms. The van der Waals surface area contributed by atoms with Crippen LogP contribution in [0.3, 0.4) is 0 Å². The van der Waals surface area contributed by atoms with E-state index in [9.17, 15) is 17.6 Å². The van der Waals surface area contributed by atoms with Crippen molar-refractivity contribution in [3.8, 4) is 11.1 Å². The van der Waals surface area contributed by atoms with Gasteiger partial charge in [0, 0.05) is 28.7 Å². The van der Waals surface area contributed by atoms with Crippen LogP contribution in [0.4, 0.5) is 15.8 Å². The van der Waals surface area contributed by atoms with Crippen molar-refractivity contribution in [2.45, 2.75) is 11.8 Å². The van der Waals surface area contributed by atoms with Gasteiger partial charge in [0.05, 0.1) is 5.69 Å². The third-order valence-corrected chi connectivity index (χ3v) is 5.63. The molecule has 0 amide bonds. The lowest BCUT2D eigenvalue weighted by atomic mass is 10.0. The monoisotopic (exact) mass is 449 g/mol. The molecule has 3 N–H and O–H groups in total. The van der Waals surface area contributed by atoms with Crippen LogP contribution < -0.4 is 10.0 Å². The second-order valence-electron chi connectivity index (χ2n) is 6.44. The minimum atomic E-state index is -4.10. The van der Waals surface area contributed by atoms with Crippen LogP contribution in [0.15, 0.2) is 59.8 Å². The van der Waals surface area contributed by atoms with Gasteiger partial charge in [-0.15, -0.1) is 0 Å². The Morgan fingerprint density at radius 1 is 1.17 bits per heavy atom. The number of anilines is 2. The molecule has 0 aliphatic rings. The lowest BCUT2D eigenvalue weighted by molar-refractivity contribution is -0.134. The number of sulfonamides is 1. The molecule has 0 unspecified atom stereocenters. The highest BCUT2D eigenvalue weighted by Gasteiger charge is 2.21. The fourth-order valence-electron chi connectivity index (χ4n) is 2.72. The molecule has 0 atom stereocenters. The van der Waals surface area contributed by atoms with E-state index in [1.165, 1.54) is 24.5 Å². The topological polar surface area (TPSA) is 108 Å². The number of rotatable bonds is 7. The van der Waals surface area contributed by atoms with Gasteiger partial charge in [0.2, 0.25) is 0 Å². The number of carboxylic acids is 1. The maximum atomic E-state index is 14.7. The molecular formula is C20H17ClFN3O4S. The van der Waals surface area contributed by atoms with Crippen LogP contribution in [0.2, 0.25) is 5.02 Å². The Balaban J connectivity index is 2.00. The fourth-order valence-corrected chi connectivity index (χ4v) is 4.06. The molecule has 1 heterocycles. The van der Waals surface area contributed by atoms with Gasteiger partial charge < -0.3 is 10.4 Å². The number of aromatic nitrogens is 1. The summed E-state index contributed by atoms with van der Waals surface area (Å²) < 4.78 is 42.5. The van der Waals surface area contributed by atoms with Crippen molar-refractivity contribution in [1.82, 2.24) is 4.98 Å². The van der Waals surface area contributed by atoms with Crippen molar-refractivity contribution >= 4 is 39.0 Å². The van der Waals surface area contributed by atoms with Crippen molar-refractivity contribution in [2.75, 3.05) is 16.6 Å². The Kier molecular flexibility index (Phi) is 6.23. The molecule has 0 bridgehead atoms. The number of aliphatic carboxylic acids is 1. The van der Waals surface area contributed by atoms with Crippen molar-refractivity contribution in [3.05, 3.63) is 71.3 Å². The summed E-state index contributed by atoms with van der Waals surface area (Å²) in [6.07, 6.45) is 2.68. The number of carbonyl (C=O) groups is 1. The van der Waals surface area contributed by atoms with Gasteiger partial charge in [0.25, 0.3) is 10.0 Å². The van der Waals surface area contributed by atoms with E-state index in [-0.39, 0.29) is 27.7 Å². The first-order valence-electron chi connectivity index (χ1n) is 8.65. The number of halogens is 2. The Labute approximate surface area is 177 Å². The molecule has 1 aromatic heterocycles. The number of carboxylic acid groups (broad SMARTS) is 1. The first-order chi connectivity index (χ1) is 14.2. The molecule has 0 fully saturated rings. The third kappa shape index (κ3) is 5.05. The highest BCUT2D eigenvalue weighted by Crippen LogP contribution is 2.35. The Bertz CT molecular complexity index is 1200. The van der Waals surface area contributed by atoms with Gasteiger partial charge in [-0.25, -0.2) is 12.8 Å². The van der Waals surface area contributed by atoms with E-state index in [0.717, 1.165) is 6.07 Å². The first-order valence-corrected chi connectivity index (χ1v) is 10.5. The summed E-state index contributed by atoms with van der Waals surface area (Å²) in [7, 11) is -4.10. The molecule has 3 aromatic rings. The number of nitrogens with zero attached hydrogens (tertiary/aromatic N) is 1. The molecule has 3 rings (SSSR count). The van der Waals surface area contributed by atoms with Crippen LogP contribution in [0, 0.1) is 12.7 Å². The number of hydrogen-bond donors (Lipinski definition) is 3. The zero-order valence-corrected chi connectivity index (χ0v) is 17.3. The Morgan fingerprint density at radius 2 is 1.87 bits per heavy atom. The van der Waals surface area contributed by atoms with Crippen molar-refractivity contribution in [2.24, 2.45) is 0 Å². The molecule has 0 saturated heterocycles. The van der Waals surface area contributed by atoms with E-state index in [1.807, 2.05) is 0 Å². The molecule has 0 aliphatic heterocycles. The van der Waals surface area contributed by atoms with Gasteiger partial charge in [0.1, 0.15) is 17.3 Å². The second kappa shape index (κ2) is 8.68. The molecule has 30 heavy (non-hydrogen) atoms. The summed E-state index contributed by atoms with van der Waals surface area (Å²) in [6.45, 7) is 1.43. The summed E-state index contributed by atoms with van der Waals surface area (Å²) >= 11 is 5.99. The minimum absolute atomic E-state index is 0.0933. The largest absolute Gasteiger partial charge is 0.480 e. The zero-order chi connectivity index (χ0) is 21.9. The Hall–Kier alpha value is -3.17. The number of benzene rings is 2. The molecule has 0 aliphatic carbocycles. The van der Waals surface area contributed by atoms with E-state index in [0.29, 0.717) is 16.8 Å². The van der Waals surface area contributed by atoms with Crippen LogP contribution in [-0.2, 0) is 14.8 Å². The summed E-state index contributed by atoms with van der Waals surface area (Å²) in [5.41, 5.74) is 1.63. The number of aryl methyl sites for hydroxylation is 1. The highest BCUT2D eigenvalue weighted by atomic mass is 35.5. The van der Waals surface area contributed by atoms with Crippen molar-refractivity contribution in [3.63, 3.8) is 0 Å². The minimum Gasteiger partial charge on any atom is -0.480 e. The van der Waals surface area contributed by atoms with Crippen LogP contribution in [-0.4, -0.2) is 31.0 Å². The van der Waals surface area contributed by atoms with Gasteiger partial charge in [-0.1, -0.05) is 23.7 Å². The second-order valence-corrected chi connectivity index (χ2v) is 8.56. The van der Waals surface area contributed by atoms with Crippen molar-refractivity contribution in [1.29, 1.82) is 0 Å². The number of hydrogen-bond acceptors (Lipinski definition) is 5. The standard InChI is InChI=1S/C20H17ClFN3O4S/c1-12-6-16(10-23-9-12)30(28,29)25-20-17(7-14(21)8-18(20)22)13-2-4-15(5-3-13)24-11-19(26)27/h2-10,24-25H,11H2,1H3,(H,26,27). The van der Waals surface area contributed by atoms with Gasteiger partial charge >= 0.3 is 5.97 Å². The molecule has 156 valence electrons. The SMILES string of the molecule is Cc1cncc(S(=O)(=O)Nc2c(F)cc(Cl)cc2-c2ccc(NCC(=O)O)cc2)c1. The van der Waals surface area contributed by atoms with Gasteiger partial charge in [-0.3, -0.25) is 14.5 Å². The first kappa shape index (κ1) is 21.5. The maximum Gasteiger partial charge on any atom is 0.322 e. The maximum absolute atomic E-state index is 14.7. The van der Waals surface area contributed by atoms with Crippen LogP contribution in [0.5, 0.6) is 0 Å². The summed E-state index contributed by atoms with van der Waals surface area (Å²) in [6, 6.07) is 10.3. The lowest BCUT2D eigenvalue weighted by Gasteiger charge is -2.15. The number of nitrogens with one attached hydrogen (secondary N) is 2. The molecule has 10 heteroatoms. The molecule has 2 aromatic carbocycles. The zero-order valence-electron chi connectivity index (χ0n) is 15.7. The molecule has 0 radical (unpaired) electrons. The quantitative estimate of drug-likeness (QED) is 0.500. The predicted molar refractivity (Wildman–Crippen MR) is 113 cm³/mol. The van der Waals surface area contributed by atoms with E-state index < -0.39 is 21.8 Å². The summed E-state index contributed by atoms with van der Waals surface area (Å²) in [4.78, 5) is 14.4. The lowest BCUT2D eigenvalue weighted by Crippen LogP contribution is -2.15. The van der Waals surface area contributed by atoms with Gasteiger partial charge in [-0.05, 0) is 48.4 Å². The van der Waals surface area contributed by atoms with Gasteiger partial charge in [-0.2, -0.15) is 0 Å². The highest BCUT2D eigenvalue weighted by molar-refractivity contribution is 7.92. The Morgan fingerprint density at radius 3 is 2.50 bits per heavy atom. The third-order valence-electron chi connectivity index (χ3n) is 4.09. The molecule has 7 nitrogen and oxygen atoms in total. The average Bonchev–Trinajstić information content (AvgIpc) is 2.68. The normalized spacial score (nSPS) is 11.2. The fraction of sp³-hybridized carbons (Fsp3) is 0.100. The molecular weight excluding hydrogens is 433 g/mol. The summed E-state index contributed by atoms with van der Waals surface area (Å²) in [5, 5.41) is 11.5. The van der Waals surface area contributed by atoms with E-state index in [1.54, 1.807) is 31.2 Å². The van der Waals surface area contributed by atoms with Crippen molar-refractivity contribution < 1.29 is 22.7 Å². The van der Waals surface area contributed by atoms with Crippen LogP contribution >= 0.6 is 11.6 Å². The average molecular weight is 450 g/mol. The van der Waals surface area contributed by atoms with E-state index in [2.05, 4.69) is 15.0 Å². The smallest absolute Gasteiger partial charge is 0.322 e. The predicted octanol–water partition coefficient (Wildman–Crippen LogP) is 4.15. The molecule has 0 saturated carbocycles. The van der Waals surface area contributed by atoms with Gasteiger partial charge in [0.15, 0.2) is 0 Å².